The summed E-state index contributed by atoms with van der Waals surface area (Å²) in [6.45, 7) is 2.06. The minimum absolute atomic E-state index is 0.240. The Bertz CT molecular complexity index is 500. The van der Waals surface area contributed by atoms with E-state index < -0.39 is 11.6 Å². The van der Waals surface area contributed by atoms with Crippen molar-refractivity contribution in [3.8, 4) is 0 Å². The van der Waals surface area contributed by atoms with E-state index in [4.69, 9.17) is 5.73 Å². The van der Waals surface area contributed by atoms with Crippen LogP contribution in [0.4, 0.5) is 14.6 Å². The zero-order valence-corrected chi connectivity index (χ0v) is 8.74. The van der Waals surface area contributed by atoms with Gasteiger partial charge in [-0.1, -0.05) is 6.07 Å². The molecule has 0 saturated heterocycles. The van der Waals surface area contributed by atoms with Gasteiger partial charge in [0.2, 0.25) is 0 Å². The van der Waals surface area contributed by atoms with Crippen molar-refractivity contribution in [2.75, 3.05) is 5.73 Å². The lowest BCUT2D eigenvalue weighted by Gasteiger charge is -2.03. The molecule has 1 aromatic heterocycles. The van der Waals surface area contributed by atoms with E-state index in [2.05, 4.69) is 5.10 Å². The molecule has 0 fully saturated rings. The molecular formula is C11H11F2N3. The maximum absolute atomic E-state index is 13.3. The molecule has 0 atom stereocenters. The van der Waals surface area contributed by atoms with E-state index in [1.807, 2.05) is 6.92 Å². The highest BCUT2D eigenvalue weighted by molar-refractivity contribution is 5.36. The summed E-state index contributed by atoms with van der Waals surface area (Å²) in [5, 5.41) is 4.00. The van der Waals surface area contributed by atoms with Gasteiger partial charge in [0.15, 0.2) is 0 Å². The molecule has 0 unspecified atom stereocenters. The number of nitrogens with zero attached hydrogens (tertiary/aromatic N) is 2. The summed E-state index contributed by atoms with van der Waals surface area (Å²) in [5.41, 5.74) is 6.79. The molecule has 0 aliphatic rings. The highest BCUT2D eigenvalue weighted by Crippen LogP contribution is 2.13. The van der Waals surface area contributed by atoms with Crippen LogP contribution >= 0.6 is 0 Å². The SMILES string of the molecule is Cc1cn(Cc2ccc(F)cc2F)nc1N. The van der Waals surface area contributed by atoms with Crippen LogP contribution in [-0.2, 0) is 6.54 Å². The van der Waals surface area contributed by atoms with Gasteiger partial charge in [0.25, 0.3) is 0 Å². The number of benzene rings is 1. The topological polar surface area (TPSA) is 43.8 Å². The van der Waals surface area contributed by atoms with Gasteiger partial charge in [-0.25, -0.2) is 8.78 Å². The Hall–Kier alpha value is -1.91. The Balaban J connectivity index is 2.27. The lowest BCUT2D eigenvalue weighted by Crippen LogP contribution is -2.03. The monoisotopic (exact) mass is 223 g/mol. The van der Waals surface area contributed by atoms with Gasteiger partial charge in [-0.2, -0.15) is 5.10 Å². The molecule has 0 aliphatic heterocycles. The van der Waals surface area contributed by atoms with Crippen molar-refractivity contribution in [2.24, 2.45) is 0 Å². The third-order valence-corrected chi connectivity index (χ3v) is 2.33. The number of halogens is 2. The van der Waals surface area contributed by atoms with Gasteiger partial charge in [0, 0.05) is 23.4 Å². The summed E-state index contributed by atoms with van der Waals surface area (Å²) < 4.78 is 27.5. The fourth-order valence-electron chi connectivity index (χ4n) is 1.44. The van der Waals surface area contributed by atoms with Gasteiger partial charge < -0.3 is 5.73 Å². The molecule has 1 heterocycles. The molecule has 2 rings (SSSR count). The second kappa shape index (κ2) is 3.92. The average Bonchev–Trinajstić information content (AvgIpc) is 2.51. The third kappa shape index (κ3) is 2.03. The van der Waals surface area contributed by atoms with E-state index in [9.17, 15) is 8.78 Å². The second-order valence-electron chi connectivity index (χ2n) is 3.63. The molecule has 0 bridgehead atoms. The highest BCUT2D eigenvalue weighted by Gasteiger charge is 2.06. The average molecular weight is 223 g/mol. The maximum atomic E-state index is 13.3. The van der Waals surface area contributed by atoms with Crippen molar-refractivity contribution >= 4 is 5.82 Å². The smallest absolute Gasteiger partial charge is 0.148 e. The fourth-order valence-corrected chi connectivity index (χ4v) is 1.44. The Labute approximate surface area is 91.5 Å². The highest BCUT2D eigenvalue weighted by atomic mass is 19.1. The van der Waals surface area contributed by atoms with Gasteiger partial charge in [-0.3, -0.25) is 4.68 Å². The summed E-state index contributed by atoms with van der Waals surface area (Å²) in [6, 6.07) is 3.48. The molecule has 16 heavy (non-hydrogen) atoms. The first-order valence-corrected chi connectivity index (χ1v) is 4.79. The number of hydrogen-bond donors (Lipinski definition) is 1. The molecule has 3 nitrogen and oxygen atoms in total. The molecule has 0 radical (unpaired) electrons. The van der Waals surface area contributed by atoms with Crippen LogP contribution in [0.25, 0.3) is 0 Å². The molecule has 0 amide bonds. The van der Waals surface area contributed by atoms with Gasteiger partial charge >= 0.3 is 0 Å². The van der Waals surface area contributed by atoms with Gasteiger partial charge in [0.1, 0.15) is 17.5 Å². The van der Waals surface area contributed by atoms with Crippen LogP contribution in [0, 0.1) is 18.6 Å². The van der Waals surface area contributed by atoms with Crippen molar-refractivity contribution in [2.45, 2.75) is 13.5 Å². The fraction of sp³-hybridized carbons (Fsp3) is 0.182. The minimum atomic E-state index is -0.586. The van der Waals surface area contributed by atoms with Crippen molar-refractivity contribution in [3.63, 3.8) is 0 Å². The Morgan fingerprint density at radius 1 is 1.38 bits per heavy atom. The van der Waals surface area contributed by atoms with Crippen molar-refractivity contribution in [3.05, 3.63) is 47.2 Å². The minimum Gasteiger partial charge on any atom is -0.382 e. The number of rotatable bonds is 2. The molecule has 0 aliphatic carbocycles. The van der Waals surface area contributed by atoms with Crippen molar-refractivity contribution < 1.29 is 8.78 Å². The first kappa shape index (κ1) is 10.6. The second-order valence-corrected chi connectivity index (χ2v) is 3.63. The van der Waals surface area contributed by atoms with Gasteiger partial charge in [0.05, 0.1) is 6.54 Å². The van der Waals surface area contributed by atoms with Crippen molar-refractivity contribution in [1.29, 1.82) is 0 Å². The summed E-state index contributed by atoms with van der Waals surface area (Å²) in [4.78, 5) is 0. The predicted octanol–water partition coefficient (Wildman–Crippen LogP) is 2.10. The van der Waals surface area contributed by atoms with Crippen LogP contribution in [0.5, 0.6) is 0 Å². The molecule has 0 spiro atoms. The first-order chi connectivity index (χ1) is 7.56. The number of aromatic nitrogens is 2. The van der Waals surface area contributed by atoms with Gasteiger partial charge in [-0.15, -0.1) is 0 Å². The Morgan fingerprint density at radius 2 is 2.12 bits per heavy atom. The van der Waals surface area contributed by atoms with E-state index in [0.29, 0.717) is 11.4 Å². The van der Waals surface area contributed by atoms with E-state index >= 15 is 0 Å². The lowest BCUT2D eigenvalue weighted by molar-refractivity contribution is 0.558. The zero-order chi connectivity index (χ0) is 11.7. The number of aryl methyl sites for hydroxylation is 1. The standard InChI is InChI=1S/C11H11F2N3/c1-7-5-16(15-11(7)14)6-8-2-3-9(12)4-10(8)13/h2-5H,6H2,1H3,(H2,14,15). The molecule has 2 N–H and O–H groups in total. The van der Waals surface area contributed by atoms with Crippen LogP contribution in [0.1, 0.15) is 11.1 Å². The van der Waals surface area contributed by atoms with E-state index in [1.165, 1.54) is 16.8 Å². The molecule has 84 valence electrons. The van der Waals surface area contributed by atoms with Crippen LogP contribution < -0.4 is 5.73 Å². The van der Waals surface area contributed by atoms with Crippen LogP contribution in [0.15, 0.2) is 24.4 Å². The van der Waals surface area contributed by atoms with E-state index in [0.717, 1.165) is 11.6 Å². The van der Waals surface area contributed by atoms with Crippen molar-refractivity contribution in [1.82, 2.24) is 9.78 Å². The molecule has 1 aromatic carbocycles. The van der Waals surface area contributed by atoms with E-state index in [-0.39, 0.29) is 6.54 Å². The quantitative estimate of drug-likeness (QED) is 0.847. The molecule has 0 saturated carbocycles. The largest absolute Gasteiger partial charge is 0.382 e. The van der Waals surface area contributed by atoms with Crippen LogP contribution in [0.2, 0.25) is 0 Å². The normalized spacial score (nSPS) is 10.7. The Kier molecular flexibility index (Phi) is 2.60. The summed E-state index contributed by atoms with van der Waals surface area (Å²) in [5.74, 6) is -0.744. The lowest BCUT2D eigenvalue weighted by atomic mass is 10.2. The Morgan fingerprint density at radius 3 is 2.69 bits per heavy atom. The van der Waals surface area contributed by atoms with Gasteiger partial charge in [-0.05, 0) is 13.0 Å². The molecular weight excluding hydrogens is 212 g/mol. The first-order valence-electron chi connectivity index (χ1n) is 4.79. The number of hydrogen-bond acceptors (Lipinski definition) is 2. The third-order valence-electron chi connectivity index (χ3n) is 2.33. The summed E-state index contributed by atoms with van der Waals surface area (Å²) in [6.07, 6.45) is 1.72. The van der Waals surface area contributed by atoms with Crippen LogP contribution in [-0.4, -0.2) is 9.78 Å². The zero-order valence-electron chi connectivity index (χ0n) is 8.74. The molecule has 5 heteroatoms. The summed E-state index contributed by atoms with van der Waals surface area (Å²) in [7, 11) is 0. The number of nitrogen functional groups attached to an aromatic ring is 1. The molecule has 2 aromatic rings. The van der Waals surface area contributed by atoms with E-state index in [1.54, 1.807) is 6.20 Å². The summed E-state index contributed by atoms with van der Waals surface area (Å²) >= 11 is 0. The predicted molar refractivity (Wildman–Crippen MR) is 56.8 cm³/mol. The van der Waals surface area contributed by atoms with Crippen LogP contribution in [0.3, 0.4) is 0 Å². The number of anilines is 1. The maximum Gasteiger partial charge on any atom is 0.148 e. The number of nitrogens with two attached hydrogens (primary N) is 1.